The number of nitrogens with zero attached hydrogens (tertiary/aromatic N) is 3. The number of anilines is 1. The maximum Gasteiger partial charge on any atom is 0.376 e. The van der Waals surface area contributed by atoms with Gasteiger partial charge in [-0.2, -0.15) is 0 Å². The first-order valence-corrected chi connectivity index (χ1v) is 6.55. The summed E-state index contributed by atoms with van der Waals surface area (Å²) in [6, 6.07) is 1.78. The van der Waals surface area contributed by atoms with Gasteiger partial charge in [0.05, 0.1) is 24.9 Å². The number of esters is 1. The van der Waals surface area contributed by atoms with E-state index >= 15 is 0 Å². The van der Waals surface area contributed by atoms with Gasteiger partial charge in [0.15, 0.2) is 0 Å². The van der Waals surface area contributed by atoms with Crippen molar-refractivity contribution in [3.8, 4) is 0 Å². The lowest BCUT2D eigenvalue weighted by molar-refractivity contribution is 0.0586. The highest BCUT2D eigenvalue weighted by Gasteiger charge is 2.11. The van der Waals surface area contributed by atoms with Gasteiger partial charge in [-0.25, -0.2) is 19.7 Å². The molecule has 0 amide bonds. The maximum absolute atomic E-state index is 11.4. The zero-order chi connectivity index (χ0) is 13.8. The molecule has 2 aromatic heterocycles. The van der Waals surface area contributed by atoms with E-state index in [1.807, 2.05) is 6.92 Å². The highest BCUT2D eigenvalue weighted by atomic mass is 32.1. The third-order valence-corrected chi connectivity index (χ3v) is 3.43. The molecule has 19 heavy (non-hydrogen) atoms. The Kier molecular flexibility index (Phi) is 4.06. The molecule has 0 atom stereocenters. The molecule has 2 aromatic rings. The van der Waals surface area contributed by atoms with Crippen LogP contribution in [0.5, 0.6) is 0 Å². The number of aromatic nitrogens is 3. The highest BCUT2D eigenvalue weighted by molar-refractivity contribution is 7.09. The average molecular weight is 278 g/mol. The van der Waals surface area contributed by atoms with Gasteiger partial charge in [0.1, 0.15) is 5.82 Å². The summed E-state index contributed by atoms with van der Waals surface area (Å²) in [7, 11) is 1.31. The first-order valence-electron chi connectivity index (χ1n) is 5.67. The molecular weight excluding hydrogens is 264 g/mol. The van der Waals surface area contributed by atoms with Crippen molar-refractivity contribution >= 4 is 23.1 Å². The molecule has 0 aliphatic rings. The van der Waals surface area contributed by atoms with Crippen LogP contribution in [0, 0.1) is 13.8 Å². The number of carbonyl (C=O) groups is 1. The Morgan fingerprint density at radius 3 is 2.84 bits per heavy atom. The maximum atomic E-state index is 11.4. The molecule has 0 aliphatic carbocycles. The van der Waals surface area contributed by atoms with Gasteiger partial charge >= 0.3 is 5.97 Å². The van der Waals surface area contributed by atoms with Gasteiger partial charge in [-0.05, 0) is 13.8 Å². The van der Waals surface area contributed by atoms with Crippen molar-refractivity contribution in [2.75, 3.05) is 12.4 Å². The molecule has 2 rings (SSSR count). The van der Waals surface area contributed by atoms with Crippen LogP contribution in [0.25, 0.3) is 0 Å². The van der Waals surface area contributed by atoms with Gasteiger partial charge < -0.3 is 10.1 Å². The molecule has 0 saturated carbocycles. The fraction of sp³-hybridized carbons (Fsp3) is 0.333. The molecule has 0 fully saturated rings. The summed E-state index contributed by atoms with van der Waals surface area (Å²) in [4.78, 5) is 24.9. The van der Waals surface area contributed by atoms with E-state index in [4.69, 9.17) is 0 Å². The Balaban J connectivity index is 2.14. The SMILES string of the molecule is COC(=O)c1nc(C)cc(NCc2scnc2C)n1. The average Bonchev–Trinajstić information content (AvgIpc) is 2.80. The van der Waals surface area contributed by atoms with Gasteiger partial charge in [-0.3, -0.25) is 0 Å². The molecule has 7 heteroatoms. The predicted molar refractivity (Wildman–Crippen MR) is 72.3 cm³/mol. The Bertz CT molecular complexity index is 597. The lowest BCUT2D eigenvalue weighted by Gasteiger charge is -2.07. The smallest absolute Gasteiger partial charge is 0.376 e. The van der Waals surface area contributed by atoms with Crippen molar-refractivity contribution in [2.24, 2.45) is 0 Å². The zero-order valence-corrected chi connectivity index (χ0v) is 11.7. The molecule has 100 valence electrons. The second kappa shape index (κ2) is 5.75. The third-order valence-electron chi connectivity index (χ3n) is 2.50. The topological polar surface area (TPSA) is 77.0 Å². The van der Waals surface area contributed by atoms with Crippen LogP contribution in [0.1, 0.15) is 26.9 Å². The van der Waals surface area contributed by atoms with Gasteiger partial charge in [0.25, 0.3) is 0 Å². The summed E-state index contributed by atoms with van der Waals surface area (Å²) in [6.45, 7) is 4.38. The lowest BCUT2D eigenvalue weighted by Crippen LogP contribution is -2.11. The third kappa shape index (κ3) is 3.25. The summed E-state index contributed by atoms with van der Waals surface area (Å²) in [6.07, 6.45) is 0. The number of carbonyl (C=O) groups excluding carboxylic acids is 1. The minimum Gasteiger partial charge on any atom is -0.463 e. The molecule has 0 aliphatic heterocycles. The van der Waals surface area contributed by atoms with Crippen LogP contribution in [0.4, 0.5) is 5.82 Å². The first kappa shape index (κ1) is 13.4. The number of hydrogen-bond donors (Lipinski definition) is 1. The van der Waals surface area contributed by atoms with Crippen LogP contribution in [0.2, 0.25) is 0 Å². The van der Waals surface area contributed by atoms with E-state index in [2.05, 4.69) is 25.0 Å². The lowest BCUT2D eigenvalue weighted by atomic mass is 10.3. The van der Waals surface area contributed by atoms with Crippen molar-refractivity contribution in [3.63, 3.8) is 0 Å². The van der Waals surface area contributed by atoms with E-state index in [-0.39, 0.29) is 5.82 Å². The first-order chi connectivity index (χ1) is 9.10. The molecule has 0 aromatic carbocycles. The fourth-order valence-electron chi connectivity index (χ4n) is 1.51. The monoisotopic (exact) mass is 278 g/mol. The number of ether oxygens (including phenoxy) is 1. The molecule has 0 saturated heterocycles. The highest BCUT2D eigenvalue weighted by Crippen LogP contribution is 2.15. The van der Waals surface area contributed by atoms with Crippen molar-refractivity contribution in [1.82, 2.24) is 15.0 Å². The normalized spacial score (nSPS) is 10.3. The second-order valence-corrected chi connectivity index (χ2v) is 4.86. The summed E-state index contributed by atoms with van der Waals surface area (Å²) in [5.74, 6) is 0.118. The van der Waals surface area contributed by atoms with E-state index in [1.54, 1.807) is 29.8 Å². The fourth-order valence-corrected chi connectivity index (χ4v) is 2.23. The number of rotatable bonds is 4. The standard InChI is InChI=1S/C12H14N4O2S/c1-7-4-10(16-11(15-7)12(17)18-3)13-5-9-8(2)14-6-19-9/h4,6H,5H2,1-3H3,(H,13,15,16). The minimum absolute atomic E-state index is 0.0611. The molecule has 0 spiro atoms. The van der Waals surface area contributed by atoms with Crippen LogP contribution in [0.3, 0.4) is 0 Å². The minimum atomic E-state index is -0.541. The Morgan fingerprint density at radius 2 is 2.21 bits per heavy atom. The van der Waals surface area contributed by atoms with E-state index in [0.717, 1.165) is 10.6 Å². The largest absolute Gasteiger partial charge is 0.463 e. The number of nitrogens with one attached hydrogen (secondary N) is 1. The van der Waals surface area contributed by atoms with Gasteiger partial charge in [0, 0.05) is 16.6 Å². The van der Waals surface area contributed by atoms with Crippen LogP contribution >= 0.6 is 11.3 Å². The van der Waals surface area contributed by atoms with Gasteiger partial charge in [0.2, 0.25) is 5.82 Å². The van der Waals surface area contributed by atoms with Gasteiger partial charge in [-0.1, -0.05) is 0 Å². The summed E-state index contributed by atoms with van der Waals surface area (Å²) < 4.78 is 4.62. The summed E-state index contributed by atoms with van der Waals surface area (Å²) >= 11 is 1.58. The van der Waals surface area contributed by atoms with Crippen LogP contribution in [0.15, 0.2) is 11.6 Å². The summed E-state index contributed by atoms with van der Waals surface area (Å²) in [5, 5.41) is 3.16. The number of hydrogen-bond acceptors (Lipinski definition) is 7. The van der Waals surface area contributed by atoms with Crippen molar-refractivity contribution in [1.29, 1.82) is 0 Å². The van der Waals surface area contributed by atoms with Crippen molar-refractivity contribution in [3.05, 3.63) is 33.7 Å². The van der Waals surface area contributed by atoms with E-state index in [0.29, 0.717) is 18.1 Å². The van der Waals surface area contributed by atoms with E-state index < -0.39 is 5.97 Å². The molecule has 1 N–H and O–H groups in total. The van der Waals surface area contributed by atoms with Crippen molar-refractivity contribution in [2.45, 2.75) is 20.4 Å². The van der Waals surface area contributed by atoms with Crippen molar-refractivity contribution < 1.29 is 9.53 Å². The molecule has 0 bridgehead atoms. The number of methoxy groups -OCH3 is 1. The van der Waals surface area contributed by atoms with Crippen LogP contribution in [-0.2, 0) is 11.3 Å². The van der Waals surface area contributed by atoms with Gasteiger partial charge in [-0.15, -0.1) is 11.3 Å². The molecule has 0 unspecified atom stereocenters. The molecule has 0 radical (unpaired) electrons. The molecule has 2 heterocycles. The van der Waals surface area contributed by atoms with Crippen LogP contribution in [-0.4, -0.2) is 28.0 Å². The second-order valence-electron chi connectivity index (χ2n) is 3.92. The Hall–Kier alpha value is -2.02. The Morgan fingerprint density at radius 1 is 1.42 bits per heavy atom. The Labute approximate surface area is 114 Å². The number of aryl methyl sites for hydroxylation is 2. The quantitative estimate of drug-likeness (QED) is 0.861. The van der Waals surface area contributed by atoms with E-state index in [9.17, 15) is 4.79 Å². The molecule has 6 nitrogen and oxygen atoms in total. The molecular formula is C12H14N4O2S. The summed E-state index contributed by atoms with van der Waals surface area (Å²) in [5.41, 5.74) is 3.51. The zero-order valence-electron chi connectivity index (χ0n) is 10.9. The van der Waals surface area contributed by atoms with Crippen LogP contribution < -0.4 is 5.32 Å². The number of thiazole rings is 1. The predicted octanol–water partition coefficient (Wildman–Crippen LogP) is 1.95. The van der Waals surface area contributed by atoms with E-state index in [1.165, 1.54) is 7.11 Å².